The van der Waals surface area contributed by atoms with Crippen molar-refractivity contribution in [2.24, 2.45) is 0 Å². The summed E-state index contributed by atoms with van der Waals surface area (Å²) in [5.74, 6) is 1.37. The van der Waals surface area contributed by atoms with E-state index >= 15 is 0 Å². The lowest BCUT2D eigenvalue weighted by molar-refractivity contribution is -0.115. The first-order valence-electron chi connectivity index (χ1n) is 8.64. The van der Waals surface area contributed by atoms with E-state index in [1.807, 2.05) is 12.1 Å². The number of carbonyl (C=O) groups excluding carboxylic acids is 1. The van der Waals surface area contributed by atoms with Gasteiger partial charge in [-0.1, -0.05) is 23.7 Å². The Kier molecular flexibility index (Phi) is 5.65. The first-order chi connectivity index (χ1) is 12.2. The van der Waals surface area contributed by atoms with E-state index in [1.165, 1.54) is 19.3 Å². The molecule has 2 heterocycles. The largest absolute Gasteiger partial charge is 0.495 e. The summed E-state index contributed by atoms with van der Waals surface area (Å²) in [6.07, 6.45) is 3.74. The highest BCUT2D eigenvalue weighted by molar-refractivity contribution is 5.93. The number of methoxy groups -OCH3 is 1. The van der Waals surface area contributed by atoms with Gasteiger partial charge in [-0.05, 0) is 38.4 Å². The van der Waals surface area contributed by atoms with Gasteiger partial charge in [-0.25, -0.2) is 0 Å². The molecule has 1 aliphatic rings. The lowest BCUT2D eigenvalue weighted by atomic mass is 10.0. The number of aromatic nitrogens is 2. The standard InChI is InChI=1S/C18H24N4O3/c1-13-7-5-6-10-22(13)12-18-20-16(21-25-18)11-17(23)19-14-8-3-4-9-15(14)24-2/h3-4,8-9,13H,5-7,10-12H2,1-2H3,(H,19,23). The molecule has 1 aromatic heterocycles. The molecule has 0 radical (unpaired) electrons. The van der Waals surface area contributed by atoms with Gasteiger partial charge in [-0.3, -0.25) is 9.69 Å². The number of likely N-dealkylation sites (tertiary alicyclic amines) is 1. The molecule has 0 spiro atoms. The van der Waals surface area contributed by atoms with Gasteiger partial charge in [0.1, 0.15) is 5.75 Å². The Morgan fingerprint density at radius 2 is 2.24 bits per heavy atom. The zero-order valence-corrected chi connectivity index (χ0v) is 14.7. The average Bonchev–Trinajstić information content (AvgIpc) is 3.04. The second-order valence-corrected chi connectivity index (χ2v) is 6.34. The third-order valence-corrected chi connectivity index (χ3v) is 4.49. The minimum Gasteiger partial charge on any atom is -0.495 e. The molecule has 2 aromatic rings. The highest BCUT2D eigenvalue weighted by Gasteiger charge is 2.21. The van der Waals surface area contributed by atoms with Crippen molar-refractivity contribution in [1.82, 2.24) is 15.0 Å². The van der Waals surface area contributed by atoms with Gasteiger partial charge in [-0.2, -0.15) is 4.98 Å². The third kappa shape index (κ3) is 4.57. The summed E-state index contributed by atoms with van der Waals surface area (Å²) in [4.78, 5) is 18.9. The molecule has 1 aliphatic heterocycles. The van der Waals surface area contributed by atoms with Crippen molar-refractivity contribution in [1.29, 1.82) is 0 Å². The van der Waals surface area contributed by atoms with E-state index in [-0.39, 0.29) is 12.3 Å². The van der Waals surface area contributed by atoms with Crippen LogP contribution in [0, 0.1) is 0 Å². The van der Waals surface area contributed by atoms with Crippen LogP contribution in [0.5, 0.6) is 5.75 Å². The van der Waals surface area contributed by atoms with Crippen LogP contribution in [0.25, 0.3) is 0 Å². The second-order valence-electron chi connectivity index (χ2n) is 6.34. The predicted octanol–water partition coefficient (Wildman–Crippen LogP) is 2.63. The molecule has 1 atom stereocenters. The van der Waals surface area contributed by atoms with Crippen molar-refractivity contribution < 1.29 is 14.1 Å². The number of para-hydroxylation sites is 2. The molecule has 1 N–H and O–H groups in total. The first-order valence-corrected chi connectivity index (χ1v) is 8.64. The Hall–Kier alpha value is -2.41. The second kappa shape index (κ2) is 8.11. The maximum Gasteiger partial charge on any atom is 0.240 e. The van der Waals surface area contributed by atoms with Crippen LogP contribution in [0.2, 0.25) is 0 Å². The Balaban J connectivity index is 1.56. The van der Waals surface area contributed by atoms with Crippen LogP contribution in [0.1, 0.15) is 37.9 Å². The fraction of sp³-hybridized carbons (Fsp3) is 0.500. The maximum absolute atomic E-state index is 12.2. The van der Waals surface area contributed by atoms with E-state index in [4.69, 9.17) is 9.26 Å². The number of carbonyl (C=O) groups is 1. The molecule has 7 heteroatoms. The molecule has 7 nitrogen and oxygen atoms in total. The Labute approximate surface area is 147 Å². The van der Waals surface area contributed by atoms with Crippen molar-refractivity contribution in [2.45, 2.75) is 45.2 Å². The lowest BCUT2D eigenvalue weighted by Crippen LogP contribution is -2.36. The Bertz CT molecular complexity index is 716. The number of nitrogens with one attached hydrogen (secondary N) is 1. The van der Waals surface area contributed by atoms with E-state index in [9.17, 15) is 4.79 Å². The fourth-order valence-corrected chi connectivity index (χ4v) is 3.08. The smallest absolute Gasteiger partial charge is 0.240 e. The van der Waals surface area contributed by atoms with Crippen LogP contribution in [0.3, 0.4) is 0 Å². The van der Waals surface area contributed by atoms with Gasteiger partial charge in [-0.15, -0.1) is 0 Å². The fourth-order valence-electron chi connectivity index (χ4n) is 3.08. The number of benzene rings is 1. The zero-order chi connectivity index (χ0) is 17.6. The third-order valence-electron chi connectivity index (χ3n) is 4.49. The molecule has 1 fully saturated rings. The van der Waals surface area contributed by atoms with E-state index in [0.29, 0.717) is 35.7 Å². The van der Waals surface area contributed by atoms with Crippen molar-refractivity contribution in [3.05, 3.63) is 36.0 Å². The first kappa shape index (κ1) is 17.4. The average molecular weight is 344 g/mol. The van der Waals surface area contributed by atoms with Crippen LogP contribution in [0.4, 0.5) is 5.69 Å². The molecule has 134 valence electrons. The molecule has 1 saturated heterocycles. The highest BCUT2D eigenvalue weighted by atomic mass is 16.5. The van der Waals surface area contributed by atoms with Crippen LogP contribution < -0.4 is 10.1 Å². The normalized spacial score (nSPS) is 18.1. The molecule has 1 amide bonds. The van der Waals surface area contributed by atoms with Gasteiger partial charge >= 0.3 is 0 Å². The number of anilines is 1. The van der Waals surface area contributed by atoms with Crippen molar-refractivity contribution in [3.63, 3.8) is 0 Å². The van der Waals surface area contributed by atoms with E-state index < -0.39 is 0 Å². The minimum absolute atomic E-state index is 0.0666. The minimum atomic E-state index is -0.205. The molecular formula is C18H24N4O3. The molecule has 0 aliphatic carbocycles. The molecule has 3 rings (SSSR count). The van der Waals surface area contributed by atoms with Crippen molar-refractivity contribution >= 4 is 11.6 Å². The Morgan fingerprint density at radius 3 is 3.04 bits per heavy atom. The number of nitrogens with zero attached hydrogens (tertiary/aromatic N) is 3. The van der Waals surface area contributed by atoms with Crippen LogP contribution in [-0.2, 0) is 17.8 Å². The number of hydrogen-bond donors (Lipinski definition) is 1. The molecular weight excluding hydrogens is 320 g/mol. The quantitative estimate of drug-likeness (QED) is 0.868. The lowest BCUT2D eigenvalue weighted by Gasteiger charge is -2.31. The van der Waals surface area contributed by atoms with Crippen LogP contribution >= 0.6 is 0 Å². The maximum atomic E-state index is 12.2. The summed E-state index contributed by atoms with van der Waals surface area (Å²) in [6.45, 7) is 3.91. The van der Waals surface area contributed by atoms with Crippen LogP contribution in [0.15, 0.2) is 28.8 Å². The number of hydrogen-bond acceptors (Lipinski definition) is 6. The topological polar surface area (TPSA) is 80.5 Å². The van der Waals surface area contributed by atoms with Gasteiger partial charge in [0.25, 0.3) is 0 Å². The number of amides is 1. The van der Waals surface area contributed by atoms with Gasteiger partial charge in [0.15, 0.2) is 5.82 Å². The summed E-state index contributed by atoms with van der Waals surface area (Å²) < 4.78 is 10.5. The van der Waals surface area contributed by atoms with E-state index in [2.05, 4.69) is 27.3 Å². The number of ether oxygens (including phenoxy) is 1. The molecule has 0 saturated carbocycles. The number of rotatable bonds is 6. The molecule has 1 unspecified atom stereocenters. The van der Waals surface area contributed by atoms with Gasteiger partial charge in [0, 0.05) is 6.04 Å². The van der Waals surface area contributed by atoms with E-state index in [1.54, 1.807) is 19.2 Å². The zero-order valence-electron chi connectivity index (χ0n) is 14.7. The summed E-state index contributed by atoms with van der Waals surface area (Å²) in [5.41, 5.74) is 0.626. The number of piperidine rings is 1. The van der Waals surface area contributed by atoms with Crippen molar-refractivity contribution in [2.75, 3.05) is 19.0 Å². The van der Waals surface area contributed by atoms with E-state index in [0.717, 1.165) is 6.54 Å². The van der Waals surface area contributed by atoms with Crippen LogP contribution in [-0.4, -0.2) is 40.6 Å². The predicted molar refractivity (Wildman–Crippen MR) is 93.3 cm³/mol. The van der Waals surface area contributed by atoms with Crippen molar-refractivity contribution in [3.8, 4) is 5.75 Å². The highest BCUT2D eigenvalue weighted by Crippen LogP contribution is 2.23. The molecule has 1 aromatic carbocycles. The monoisotopic (exact) mass is 344 g/mol. The summed E-state index contributed by atoms with van der Waals surface area (Å²) in [5, 5.41) is 6.74. The SMILES string of the molecule is COc1ccccc1NC(=O)Cc1noc(CN2CCCCC2C)n1. The Morgan fingerprint density at radius 1 is 1.40 bits per heavy atom. The van der Waals surface area contributed by atoms with Gasteiger partial charge < -0.3 is 14.6 Å². The molecule has 0 bridgehead atoms. The summed E-state index contributed by atoms with van der Waals surface area (Å²) in [6, 6.07) is 7.79. The molecule has 25 heavy (non-hydrogen) atoms. The summed E-state index contributed by atoms with van der Waals surface area (Å²) >= 11 is 0. The van der Waals surface area contributed by atoms with Gasteiger partial charge in [0.05, 0.1) is 25.8 Å². The summed E-state index contributed by atoms with van der Waals surface area (Å²) in [7, 11) is 1.57. The van der Waals surface area contributed by atoms with Gasteiger partial charge in [0.2, 0.25) is 11.8 Å².